The molecule has 3 nitrogen and oxygen atoms in total. The topological polar surface area (TPSA) is 28.2 Å². The van der Waals surface area contributed by atoms with Gasteiger partial charge in [-0.3, -0.25) is 0 Å². The van der Waals surface area contributed by atoms with Crippen molar-refractivity contribution in [3.05, 3.63) is 36.4 Å². The lowest BCUT2D eigenvalue weighted by molar-refractivity contribution is 0.584. The summed E-state index contributed by atoms with van der Waals surface area (Å²) < 4.78 is 0. The zero-order chi connectivity index (χ0) is 13.1. The van der Waals surface area contributed by atoms with Crippen LogP contribution in [0.1, 0.15) is 19.8 Å². The van der Waals surface area contributed by atoms with Gasteiger partial charge in [-0.15, -0.1) is 0 Å². The van der Waals surface area contributed by atoms with Crippen LogP contribution in [0.2, 0.25) is 0 Å². The van der Waals surface area contributed by atoms with E-state index in [2.05, 4.69) is 47.5 Å². The van der Waals surface area contributed by atoms with Gasteiger partial charge in [0.2, 0.25) is 0 Å². The standard InChI is InChI=1S/C16H21N3/c1-2-19(12-14-7-5-11-17-14)16-10-9-13-6-3-4-8-15(13)18-16/h3-4,6,8-10,14,17H,2,5,7,11-12H2,1H3/t14-/m0/s1. The highest BCUT2D eigenvalue weighted by Crippen LogP contribution is 2.19. The molecular formula is C16H21N3. The minimum atomic E-state index is 0.619. The van der Waals surface area contributed by atoms with Crippen molar-refractivity contribution in [3.63, 3.8) is 0 Å². The number of nitrogens with zero attached hydrogens (tertiary/aromatic N) is 2. The Balaban J connectivity index is 1.83. The van der Waals surface area contributed by atoms with Crippen LogP contribution in [0, 0.1) is 0 Å². The Bertz CT molecular complexity index is 546. The number of fused-ring (bicyclic) bond motifs is 1. The predicted octanol–water partition coefficient (Wildman–Crippen LogP) is 2.81. The first kappa shape index (κ1) is 12.4. The molecule has 1 aliphatic heterocycles. The fraction of sp³-hybridized carbons (Fsp3) is 0.438. The number of anilines is 1. The Morgan fingerprint density at radius 3 is 2.95 bits per heavy atom. The maximum atomic E-state index is 4.79. The van der Waals surface area contributed by atoms with Crippen molar-refractivity contribution in [1.29, 1.82) is 0 Å². The lowest BCUT2D eigenvalue weighted by atomic mass is 10.2. The molecule has 0 bridgehead atoms. The van der Waals surface area contributed by atoms with Crippen LogP contribution >= 0.6 is 0 Å². The quantitative estimate of drug-likeness (QED) is 0.910. The van der Waals surface area contributed by atoms with E-state index in [1.807, 2.05) is 6.07 Å². The molecule has 1 N–H and O–H groups in total. The summed E-state index contributed by atoms with van der Waals surface area (Å²) in [7, 11) is 0. The van der Waals surface area contributed by atoms with Crippen molar-refractivity contribution < 1.29 is 0 Å². The van der Waals surface area contributed by atoms with Gasteiger partial charge in [0.1, 0.15) is 5.82 Å². The Morgan fingerprint density at radius 1 is 1.26 bits per heavy atom. The van der Waals surface area contributed by atoms with E-state index >= 15 is 0 Å². The monoisotopic (exact) mass is 255 g/mol. The van der Waals surface area contributed by atoms with Gasteiger partial charge in [0.25, 0.3) is 0 Å². The number of likely N-dealkylation sites (N-methyl/N-ethyl adjacent to an activating group) is 1. The molecule has 0 spiro atoms. The van der Waals surface area contributed by atoms with Gasteiger partial charge in [0.05, 0.1) is 5.52 Å². The van der Waals surface area contributed by atoms with E-state index in [4.69, 9.17) is 4.98 Å². The Hall–Kier alpha value is -1.61. The summed E-state index contributed by atoms with van der Waals surface area (Å²) in [6, 6.07) is 13.2. The second-order valence-electron chi connectivity index (χ2n) is 5.19. The number of benzene rings is 1. The summed E-state index contributed by atoms with van der Waals surface area (Å²) in [6.45, 7) is 5.42. The second-order valence-corrected chi connectivity index (χ2v) is 5.19. The Kier molecular flexibility index (Phi) is 3.65. The normalized spacial score (nSPS) is 18.9. The van der Waals surface area contributed by atoms with E-state index in [0.29, 0.717) is 6.04 Å². The fourth-order valence-corrected chi connectivity index (χ4v) is 2.79. The summed E-state index contributed by atoms with van der Waals surface area (Å²) >= 11 is 0. The molecule has 1 saturated heterocycles. The van der Waals surface area contributed by atoms with E-state index in [-0.39, 0.29) is 0 Å². The van der Waals surface area contributed by atoms with Crippen LogP contribution in [0.3, 0.4) is 0 Å². The van der Waals surface area contributed by atoms with Gasteiger partial charge in [-0.2, -0.15) is 0 Å². The molecule has 100 valence electrons. The lowest BCUT2D eigenvalue weighted by Gasteiger charge is -2.25. The number of rotatable bonds is 4. The number of hydrogen-bond acceptors (Lipinski definition) is 3. The second kappa shape index (κ2) is 5.57. The van der Waals surface area contributed by atoms with Crippen molar-refractivity contribution in [2.75, 3.05) is 24.5 Å². The van der Waals surface area contributed by atoms with Crippen molar-refractivity contribution in [3.8, 4) is 0 Å². The van der Waals surface area contributed by atoms with Crippen LogP contribution in [-0.4, -0.2) is 30.7 Å². The smallest absolute Gasteiger partial charge is 0.129 e. The molecule has 1 aromatic carbocycles. The highest BCUT2D eigenvalue weighted by molar-refractivity contribution is 5.80. The van der Waals surface area contributed by atoms with Crippen molar-refractivity contribution in [1.82, 2.24) is 10.3 Å². The van der Waals surface area contributed by atoms with Gasteiger partial charge in [0.15, 0.2) is 0 Å². The number of para-hydroxylation sites is 1. The van der Waals surface area contributed by atoms with Crippen molar-refractivity contribution in [2.45, 2.75) is 25.8 Å². The highest BCUT2D eigenvalue weighted by atomic mass is 15.2. The first-order valence-corrected chi connectivity index (χ1v) is 7.21. The van der Waals surface area contributed by atoms with Crippen molar-refractivity contribution in [2.24, 2.45) is 0 Å². The maximum Gasteiger partial charge on any atom is 0.129 e. The summed E-state index contributed by atoms with van der Waals surface area (Å²) in [4.78, 5) is 7.16. The third kappa shape index (κ3) is 2.71. The zero-order valence-corrected chi connectivity index (χ0v) is 11.5. The largest absolute Gasteiger partial charge is 0.355 e. The third-order valence-electron chi connectivity index (χ3n) is 3.89. The third-order valence-corrected chi connectivity index (χ3v) is 3.89. The summed E-state index contributed by atoms with van der Waals surface area (Å²) in [6.07, 6.45) is 2.58. The molecule has 19 heavy (non-hydrogen) atoms. The number of pyridine rings is 1. The van der Waals surface area contributed by atoms with E-state index in [1.54, 1.807) is 0 Å². The SMILES string of the molecule is CCN(C[C@@H]1CCCN1)c1ccc2ccccc2n1. The van der Waals surface area contributed by atoms with Gasteiger partial charge in [-0.25, -0.2) is 4.98 Å². The first-order chi connectivity index (χ1) is 9.36. The van der Waals surface area contributed by atoms with E-state index < -0.39 is 0 Å². The number of nitrogens with one attached hydrogen (secondary N) is 1. The van der Waals surface area contributed by atoms with Crippen LogP contribution in [0.5, 0.6) is 0 Å². The lowest BCUT2D eigenvalue weighted by Crippen LogP contribution is -2.37. The number of aromatic nitrogens is 1. The fourth-order valence-electron chi connectivity index (χ4n) is 2.79. The van der Waals surface area contributed by atoms with Gasteiger partial charge in [0, 0.05) is 24.5 Å². The van der Waals surface area contributed by atoms with Crippen LogP contribution in [0.15, 0.2) is 36.4 Å². The molecule has 0 unspecified atom stereocenters. The average molecular weight is 255 g/mol. The molecule has 3 rings (SSSR count). The zero-order valence-electron chi connectivity index (χ0n) is 11.5. The molecule has 0 aliphatic carbocycles. The molecule has 0 radical (unpaired) electrons. The highest BCUT2D eigenvalue weighted by Gasteiger charge is 2.18. The molecule has 1 aliphatic rings. The summed E-state index contributed by atoms with van der Waals surface area (Å²) in [5.41, 5.74) is 1.08. The molecule has 0 saturated carbocycles. The van der Waals surface area contributed by atoms with E-state index in [9.17, 15) is 0 Å². The van der Waals surface area contributed by atoms with Crippen LogP contribution in [-0.2, 0) is 0 Å². The summed E-state index contributed by atoms with van der Waals surface area (Å²) in [5, 5.41) is 4.77. The molecule has 2 aromatic rings. The molecule has 1 fully saturated rings. The van der Waals surface area contributed by atoms with Crippen LogP contribution in [0.4, 0.5) is 5.82 Å². The van der Waals surface area contributed by atoms with E-state index in [1.165, 1.54) is 18.2 Å². The van der Waals surface area contributed by atoms with Crippen LogP contribution in [0.25, 0.3) is 10.9 Å². The first-order valence-electron chi connectivity index (χ1n) is 7.21. The van der Waals surface area contributed by atoms with Gasteiger partial charge >= 0.3 is 0 Å². The Labute approximate surface area is 114 Å². The predicted molar refractivity (Wildman–Crippen MR) is 80.7 cm³/mol. The molecule has 1 atom stereocenters. The molecule has 3 heteroatoms. The molecule has 2 heterocycles. The molecule has 1 aromatic heterocycles. The molecule has 0 amide bonds. The molecular weight excluding hydrogens is 234 g/mol. The minimum Gasteiger partial charge on any atom is -0.355 e. The van der Waals surface area contributed by atoms with E-state index in [0.717, 1.165) is 31.0 Å². The maximum absolute atomic E-state index is 4.79. The van der Waals surface area contributed by atoms with Gasteiger partial charge in [-0.1, -0.05) is 18.2 Å². The van der Waals surface area contributed by atoms with Crippen LogP contribution < -0.4 is 10.2 Å². The Morgan fingerprint density at radius 2 is 2.16 bits per heavy atom. The number of hydrogen-bond donors (Lipinski definition) is 1. The van der Waals surface area contributed by atoms with Gasteiger partial charge in [-0.05, 0) is 44.5 Å². The minimum absolute atomic E-state index is 0.619. The van der Waals surface area contributed by atoms with Gasteiger partial charge < -0.3 is 10.2 Å². The van der Waals surface area contributed by atoms with Crippen molar-refractivity contribution >= 4 is 16.7 Å². The average Bonchev–Trinajstić information content (AvgIpc) is 2.97. The summed E-state index contributed by atoms with van der Waals surface area (Å²) in [5.74, 6) is 1.09.